The number of methoxy groups -OCH3 is 1. The van der Waals surface area contributed by atoms with Crippen molar-refractivity contribution >= 4 is 22.8 Å². The summed E-state index contributed by atoms with van der Waals surface area (Å²) in [5.41, 5.74) is 0.407. The first-order valence-electron chi connectivity index (χ1n) is 10.6. The number of para-hydroxylation sites is 1. The number of esters is 1. The van der Waals surface area contributed by atoms with Crippen molar-refractivity contribution in [3.05, 3.63) is 60.2 Å². The number of carbonyl (C=O) groups is 2. The maximum Gasteiger partial charge on any atom is 0.491 e. The molecule has 4 rings (SSSR count). The van der Waals surface area contributed by atoms with Gasteiger partial charge in [-0.3, -0.25) is 4.79 Å². The highest BCUT2D eigenvalue weighted by Crippen LogP contribution is 2.37. The van der Waals surface area contributed by atoms with Crippen molar-refractivity contribution in [2.24, 2.45) is 0 Å². The minimum Gasteiger partial charge on any atom is -0.497 e. The number of halogens is 5. The van der Waals surface area contributed by atoms with Gasteiger partial charge in [-0.25, -0.2) is 18.6 Å². The van der Waals surface area contributed by atoms with Crippen LogP contribution in [-0.4, -0.2) is 60.2 Å². The van der Waals surface area contributed by atoms with E-state index in [-0.39, 0.29) is 17.6 Å². The predicted octanol–water partition coefficient (Wildman–Crippen LogP) is 4.64. The van der Waals surface area contributed by atoms with E-state index >= 15 is 0 Å². The van der Waals surface area contributed by atoms with Gasteiger partial charge in [0.2, 0.25) is 0 Å². The first-order chi connectivity index (χ1) is 17.0. The molecule has 1 aliphatic heterocycles. The largest absolute Gasteiger partial charge is 0.497 e. The van der Waals surface area contributed by atoms with Gasteiger partial charge >= 0.3 is 12.1 Å². The third-order valence-corrected chi connectivity index (χ3v) is 5.52. The normalized spacial score (nSPS) is 17.5. The second-order valence-electron chi connectivity index (χ2n) is 7.97. The number of hydrogen-bond acceptors (Lipinski definition) is 6. The molecule has 1 aliphatic rings. The average molecular weight is 510 g/mol. The lowest BCUT2D eigenvalue weighted by Gasteiger charge is -2.38. The van der Waals surface area contributed by atoms with E-state index in [9.17, 15) is 31.5 Å². The minimum absolute atomic E-state index is 0.196. The van der Waals surface area contributed by atoms with Crippen LogP contribution in [0.3, 0.4) is 0 Å². The van der Waals surface area contributed by atoms with Gasteiger partial charge in [-0.15, -0.1) is 0 Å². The molecule has 12 heteroatoms. The fraction of sp³-hybridized carbons (Fsp3) is 0.292. The molecule has 0 saturated carbocycles. The van der Waals surface area contributed by atoms with Gasteiger partial charge in [-0.05, 0) is 30.3 Å². The van der Waals surface area contributed by atoms with Gasteiger partial charge in [0.15, 0.2) is 11.9 Å². The number of amides is 1. The van der Waals surface area contributed by atoms with E-state index < -0.39 is 54.7 Å². The Kier molecular flexibility index (Phi) is 6.70. The lowest BCUT2D eigenvalue weighted by molar-refractivity contribution is -0.190. The molecular formula is C24H19F5N2O5. The Morgan fingerprint density at radius 3 is 2.56 bits per heavy atom. The number of carbonyl (C=O) groups excluding carboxylic acids is 2. The molecule has 0 bridgehead atoms. The zero-order chi connectivity index (χ0) is 26.1. The molecule has 36 heavy (non-hydrogen) atoms. The quantitative estimate of drug-likeness (QED) is 0.368. The molecule has 1 aromatic heterocycles. The Morgan fingerprint density at radius 2 is 1.83 bits per heavy atom. The molecule has 1 saturated heterocycles. The van der Waals surface area contributed by atoms with Crippen molar-refractivity contribution in [3.63, 3.8) is 0 Å². The Labute approximate surface area is 201 Å². The number of ether oxygens (including phenoxy) is 3. The fourth-order valence-corrected chi connectivity index (χ4v) is 3.65. The van der Waals surface area contributed by atoms with Gasteiger partial charge in [0.05, 0.1) is 19.2 Å². The minimum atomic E-state index is -5.34. The summed E-state index contributed by atoms with van der Waals surface area (Å²) in [5.74, 6) is -7.69. The van der Waals surface area contributed by atoms with Gasteiger partial charge < -0.3 is 19.1 Å². The van der Waals surface area contributed by atoms with E-state index in [0.717, 1.165) is 11.0 Å². The van der Waals surface area contributed by atoms with Crippen LogP contribution in [0.25, 0.3) is 10.9 Å². The number of alkyl halides is 5. The Hall–Kier alpha value is -3.96. The van der Waals surface area contributed by atoms with Gasteiger partial charge in [0.25, 0.3) is 17.7 Å². The molecule has 7 nitrogen and oxygen atoms in total. The smallest absolute Gasteiger partial charge is 0.491 e. The van der Waals surface area contributed by atoms with Gasteiger partial charge in [0, 0.05) is 23.9 Å². The van der Waals surface area contributed by atoms with E-state index in [1.807, 2.05) is 0 Å². The summed E-state index contributed by atoms with van der Waals surface area (Å²) in [4.78, 5) is 29.5. The van der Waals surface area contributed by atoms with Crippen molar-refractivity contribution in [3.8, 4) is 17.4 Å². The van der Waals surface area contributed by atoms with Crippen LogP contribution >= 0.6 is 0 Å². The molecule has 0 aliphatic carbocycles. The number of likely N-dealkylation sites (tertiary alicyclic amines) is 1. The van der Waals surface area contributed by atoms with Crippen molar-refractivity contribution in [1.29, 1.82) is 0 Å². The summed E-state index contributed by atoms with van der Waals surface area (Å²) in [6.45, 7) is -0.881. The number of benzene rings is 2. The first kappa shape index (κ1) is 25.1. The standard InChI is InChI=1S/C24H19F5N2O5/c1-34-16-7-4-6-15(11-16)21(32)31-10-9-23(25,26)19(13-31)36-20-18(35-22(33)24(27,28)29)12-14-5-2-3-8-17(14)30-20/h2-8,11-12,19H,9-10,13H2,1H3. The second-order valence-corrected chi connectivity index (χ2v) is 7.97. The summed E-state index contributed by atoms with van der Waals surface area (Å²) in [5, 5.41) is 0.292. The second kappa shape index (κ2) is 9.59. The number of hydrogen-bond donors (Lipinski definition) is 0. The third-order valence-electron chi connectivity index (χ3n) is 5.52. The molecule has 0 radical (unpaired) electrons. The number of rotatable bonds is 5. The van der Waals surface area contributed by atoms with Crippen molar-refractivity contribution < 1.29 is 45.8 Å². The molecule has 1 atom stereocenters. The number of fused-ring (bicyclic) bond motifs is 1. The lowest BCUT2D eigenvalue weighted by atomic mass is 10.0. The monoisotopic (exact) mass is 510 g/mol. The Balaban J connectivity index is 1.64. The SMILES string of the molecule is COc1cccc(C(=O)N2CCC(F)(F)C(Oc3nc4ccccc4cc3OC(=O)C(F)(F)F)C2)c1. The molecule has 3 aromatic rings. The van der Waals surface area contributed by atoms with Crippen LogP contribution in [0.1, 0.15) is 16.8 Å². The Morgan fingerprint density at radius 1 is 1.08 bits per heavy atom. The molecular weight excluding hydrogens is 491 g/mol. The van der Waals surface area contributed by atoms with Crippen LogP contribution in [-0.2, 0) is 4.79 Å². The molecule has 1 unspecified atom stereocenters. The number of piperidine rings is 1. The van der Waals surface area contributed by atoms with E-state index in [4.69, 9.17) is 9.47 Å². The number of pyridine rings is 1. The van der Waals surface area contributed by atoms with Crippen molar-refractivity contribution in [2.75, 3.05) is 20.2 Å². The Bertz CT molecular complexity index is 1300. The van der Waals surface area contributed by atoms with E-state index in [2.05, 4.69) is 9.72 Å². The maximum absolute atomic E-state index is 14.8. The van der Waals surface area contributed by atoms with Crippen molar-refractivity contribution in [1.82, 2.24) is 9.88 Å². The number of aromatic nitrogens is 1. The lowest BCUT2D eigenvalue weighted by Crippen LogP contribution is -2.55. The average Bonchev–Trinajstić information content (AvgIpc) is 2.84. The molecule has 190 valence electrons. The molecule has 0 spiro atoms. The number of nitrogens with zero attached hydrogens (tertiary/aromatic N) is 2. The van der Waals surface area contributed by atoms with Crippen molar-refractivity contribution in [2.45, 2.75) is 24.6 Å². The van der Waals surface area contributed by atoms with Crippen LogP contribution in [0.5, 0.6) is 17.4 Å². The summed E-state index contributed by atoms with van der Waals surface area (Å²) in [6.07, 6.45) is -8.08. The zero-order valence-electron chi connectivity index (χ0n) is 18.7. The molecule has 2 heterocycles. The highest BCUT2D eigenvalue weighted by atomic mass is 19.4. The van der Waals surface area contributed by atoms with Gasteiger partial charge in [-0.2, -0.15) is 13.2 Å². The summed E-state index contributed by atoms with van der Waals surface area (Å²) in [6, 6.07) is 13.3. The van der Waals surface area contributed by atoms with Gasteiger partial charge in [-0.1, -0.05) is 24.3 Å². The fourth-order valence-electron chi connectivity index (χ4n) is 3.65. The predicted molar refractivity (Wildman–Crippen MR) is 116 cm³/mol. The summed E-state index contributed by atoms with van der Waals surface area (Å²) >= 11 is 0. The summed E-state index contributed by atoms with van der Waals surface area (Å²) < 4.78 is 82.9. The van der Waals surface area contributed by atoms with Gasteiger partial charge in [0.1, 0.15) is 5.75 Å². The molecule has 1 amide bonds. The highest BCUT2D eigenvalue weighted by molar-refractivity contribution is 5.94. The molecule has 2 aromatic carbocycles. The van der Waals surface area contributed by atoms with Crippen LogP contribution < -0.4 is 14.2 Å². The van der Waals surface area contributed by atoms with Crippen LogP contribution in [0, 0.1) is 0 Å². The van der Waals surface area contributed by atoms with Crippen LogP contribution in [0.15, 0.2) is 54.6 Å². The van der Waals surface area contributed by atoms with Crippen LogP contribution in [0.4, 0.5) is 22.0 Å². The van der Waals surface area contributed by atoms with E-state index in [0.29, 0.717) is 11.1 Å². The molecule has 0 N–H and O–H groups in total. The zero-order valence-corrected chi connectivity index (χ0v) is 18.7. The van der Waals surface area contributed by atoms with Crippen LogP contribution in [0.2, 0.25) is 0 Å². The van der Waals surface area contributed by atoms with E-state index in [1.165, 1.54) is 31.4 Å². The highest BCUT2D eigenvalue weighted by Gasteiger charge is 2.48. The molecule has 1 fully saturated rings. The first-order valence-corrected chi connectivity index (χ1v) is 10.6. The topological polar surface area (TPSA) is 78.0 Å². The van der Waals surface area contributed by atoms with E-state index in [1.54, 1.807) is 24.3 Å². The third kappa shape index (κ3) is 5.31. The summed E-state index contributed by atoms with van der Waals surface area (Å²) in [7, 11) is 1.41. The maximum atomic E-state index is 14.8.